The molecule has 8 saturated carbocycles. The van der Waals surface area contributed by atoms with Gasteiger partial charge >= 0.3 is 5.97 Å². The summed E-state index contributed by atoms with van der Waals surface area (Å²) in [4.78, 5) is 28.4. The minimum absolute atomic E-state index is 0.151. The van der Waals surface area contributed by atoms with Gasteiger partial charge in [0, 0.05) is 15.6 Å². The smallest absolute Gasteiger partial charge is 0.319 e. The number of carbonyl (C=O) groups is 2. The second-order valence-electron chi connectivity index (χ2n) is 10.3. The number of hydrogen-bond acceptors (Lipinski definition) is 3. The highest BCUT2D eigenvalue weighted by Gasteiger charge is 2.90. The SMILES string of the molecule is COC(=O)[C@@]12C(=O)[C@@H]3[C@H]4[C@H]([C@H]5[C@@H]3[C@@H]3CC[C@H](Br)[C@@H]3[C@@H]51)[C@@H]2[C@H]1CC[C@@H](Br)[C@H]14. The third kappa shape index (κ3) is 1.28. The Morgan fingerprint density at radius 3 is 2.27 bits per heavy atom. The molecule has 8 aliphatic rings. The monoisotopic (exact) mass is 482 g/mol. The van der Waals surface area contributed by atoms with Gasteiger partial charge < -0.3 is 4.74 Å². The first-order valence-corrected chi connectivity index (χ1v) is 12.3. The molecular weight excluding hydrogens is 460 g/mol. The second kappa shape index (κ2) is 4.63. The fraction of sp³-hybridized carbons (Fsp3) is 0.905. The lowest BCUT2D eigenvalue weighted by Crippen LogP contribution is -2.56. The maximum atomic E-state index is 14.0. The molecule has 0 unspecified atom stereocenters. The van der Waals surface area contributed by atoms with Crippen LogP contribution in [0.15, 0.2) is 0 Å². The number of Topliss-reactive ketones (excluding diaryl/α,β-unsaturated/α-hetero) is 1. The van der Waals surface area contributed by atoms with Gasteiger partial charge in [0.1, 0.15) is 5.41 Å². The number of methoxy groups -OCH3 is 1. The molecule has 0 spiro atoms. The van der Waals surface area contributed by atoms with E-state index in [2.05, 4.69) is 31.9 Å². The summed E-state index contributed by atoms with van der Waals surface area (Å²) in [5.74, 6) is 5.56. The van der Waals surface area contributed by atoms with E-state index >= 15 is 0 Å². The number of rotatable bonds is 1. The number of esters is 1. The van der Waals surface area contributed by atoms with E-state index in [1.165, 1.54) is 32.8 Å². The van der Waals surface area contributed by atoms with E-state index < -0.39 is 5.41 Å². The molecule has 0 radical (unpaired) electrons. The average Bonchev–Trinajstić information content (AvgIpc) is 3.37. The minimum Gasteiger partial charge on any atom is -0.468 e. The molecule has 0 saturated heterocycles. The zero-order valence-electron chi connectivity index (χ0n) is 14.8. The molecular formula is C21H24Br2O3. The van der Waals surface area contributed by atoms with E-state index in [4.69, 9.17) is 4.74 Å². The molecule has 0 N–H and O–H groups in total. The Labute approximate surface area is 170 Å². The molecule has 8 bridgehead atoms. The molecule has 5 heteroatoms. The second-order valence-corrected chi connectivity index (χ2v) is 12.6. The van der Waals surface area contributed by atoms with Crippen LogP contribution < -0.4 is 0 Å². The van der Waals surface area contributed by atoms with Crippen LogP contribution in [0.5, 0.6) is 0 Å². The molecule has 0 heterocycles. The normalized spacial score (nSPS) is 68.0. The van der Waals surface area contributed by atoms with E-state index in [-0.39, 0.29) is 23.7 Å². The molecule has 0 aliphatic heterocycles. The summed E-state index contributed by atoms with van der Waals surface area (Å²) >= 11 is 7.94. The van der Waals surface area contributed by atoms with E-state index in [0.29, 0.717) is 62.8 Å². The Morgan fingerprint density at radius 1 is 0.885 bits per heavy atom. The molecule has 26 heavy (non-hydrogen) atoms. The first-order chi connectivity index (χ1) is 12.5. The lowest BCUT2D eigenvalue weighted by Gasteiger charge is -2.44. The first-order valence-electron chi connectivity index (χ1n) is 10.5. The van der Waals surface area contributed by atoms with Gasteiger partial charge in [0.2, 0.25) is 0 Å². The predicted molar refractivity (Wildman–Crippen MR) is 102 cm³/mol. The Bertz CT molecular complexity index is 754. The van der Waals surface area contributed by atoms with Crippen molar-refractivity contribution in [2.45, 2.75) is 35.3 Å². The fourth-order valence-electron chi connectivity index (χ4n) is 10.7. The maximum Gasteiger partial charge on any atom is 0.319 e. The van der Waals surface area contributed by atoms with Crippen molar-refractivity contribution in [3.05, 3.63) is 0 Å². The van der Waals surface area contributed by atoms with Crippen LogP contribution in [0, 0.1) is 70.5 Å². The van der Waals surface area contributed by atoms with Crippen molar-refractivity contribution in [3.8, 4) is 0 Å². The summed E-state index contributed by atoms with van der Waals surface area (Å²) in [6.07, 6.45) is 4.85. The molecule has 8 rings (SSSR count). The summed E-state index contributed by atoms with van der Waals surface area (Å²) in [6, 6.07) is 0. The highest BCUT2D eigenvalue weighted by Crippen LogP contribution is 2.87. The van der Waals surface area contributed by atoms with Crippen LogP contribution in [0.25, 0.3) is 0 Å². The molecule has 0 aromatic carbocycles. The standard InChI is InChI=1S/C21H24Br2O3/c1-26-20(25)21-17-7-3-5-8(22)10(7)13-15(17)14-12(16(13)19(21)24)6-2-4-9(23)11(6)18(14)21/h6-18H,2-5H2,1H3/t6-,7+,8-,9+,10+,11-,12+,13-,14-,15-,16+,17+,18+,21-/m1/s1. The fourth-order valence-corrected chi connectivity index (χ4v) is 12.7. The van der Waals surface area contributed by atoms with E-state index in [1.54, 1.807) is 0 Å². The Morgan fingerprint density at radius 2 is 1.54 bits per heavy atom. The van der Waals surface area contributed by atoms with Gasteiger partial charge in [0.05, 0.1) is 7.11 Å². The van der Waals surface area contributed by atoms with Crippen molar-refractivity contribution in [1.82, 2.24) is 0 Å². The Hall–Kier alpha value is 0.1000. The molecule has 140 valence electrons. The molecule has 8 aliphatic carbocycles. The molecule has 0 aromatic heterocycles. The van der Waals surface area contributed by atoms with Gasteiger partial charge in [-0.1, -0.05) is 31.9 Å². The van der Waals surface area contributed by atoms with E-state index in [1.807, 2.05) is 0 Å². The van der Waals surface area contributed by atoms with Crippen molar-refractivity contribution in [2.75, 3.05) is 7.11 Å². The Balaban J connectivity index is 1.51. The number of ether oxygens (including phenoxy) is 1. The highest BCUT2D eigenvalue weighted by molar-refractivity contribution is 9.09. The lowest BCUT2D eigenvalue weighted by molar-refractivity contribution is -0.172. The molecule has 8 fully saturated rings. The summed E-state index contributed by atoms with van der Waals surface area (Å²) in [6.45, 7) is 0. The van der Waals surface area contributed by atoms with Gasteiger partial charge in [-0.05, 0) is 84.9 Å². The third-order valence-electron chi connectivity index (χ3n) is 10.5. The molecule has 3 nitrogen and oxygen atoms in total. The zero-order chi connectivity index (χ0) is 17.7. The quantitative estimate of drug-likeness (QED) is 0.324. The summed E-state index contributed by atoms with van der Waals surface area (Å²) in [7, 11) is 1.51. The van der Waals surface area contributed by atoms with Gasteiger partial charge in [0.25, 0.3) is 0 Å². The summed E-state index contributed by atoms with van der Waals surface area (Å²) < 4.78 is 5.42. The maximum absolute atomic E-state index is 14.0. The third-order valence-corrected chi connectivity index (χ3v) is 12.6. The largest absolute Gasteiger partial charge is 0.468 e. The molecule has 0 amide bonds. The van der Waals surface area contributed by atoms with Crippen LogP contribution in [-0.2, 0) is 14.3 Å². The molecule has 0 aromatic rings. The van der Waals surface area contributed by atoms with Crippen molar-refractivity contribution >= 4 is 43.6 Å². The summed E-state index contributed by atoms with van der Waals surface area (Å²) in [5.41, 5.74) is -0.798. The van der Waals surface area contributed by atoms with Crippen LogP contribution in [0.1, 0.15) is 25.7 Å². The Kier molecular flexibility index (Phi) is 2.84. The van der Waals surface area contributed by atoms with Crippen molar-refractivity contribution in [2.24, 2.45) is 70.5 Å². The average molecular weight is 484 g/mol. The van der Waals surface area contributed by atoms with Crippen LogP contribution in [0.4, 0.5) is 0 Å². The van der Waals surface area contributed by atoms with Crippen molar-refractivity contribution in [1.29, 1.82) is 0 Å². The minimum atomic E-state index is -0.798. The van der Waals surface area contributed by atoms with Gasteiger partial charge in [-0.3, -0.25) is 9.59 Å². The van der Waals surface area contributed by atoms with Crippen molar-refractivity contribution < 1.29 is 14.3 Å². The number of fused-ring (bicyclic) bond motifs is 2. The van der Waals surface area contributed by atoms with Gasteiger partial charge in [-0.25, -0.2) is 0 Å². The zero-order valence-corrected chi connectivity index (χ0v) is 18.0. The van der Waals surface area contributed by atoms with E-state index in [9.17, 15) is 9.59 Å². The van der Waals surface area contributed by atoms with Gasteiger partial charge in [-0.2, -0.15) is 0 Å². The lowest BCUT2D eigenvalue weighted by atomic mass is 9.56. The summed E-state index contributed by atoms with van der Waals surface area (Å²) in [5, 5.41) is 0. The molecule has 14 atom stereocenters. The number of halogens is 2. The predicted octanol–water partition coefficient (Wildman–Crippen LogP) is 3.68. The number of hydrogen-bond donors (Lipinski definition) is 0. The number of carbonyl (C=O) groups excluding carboxylic acids is 2. The van der Waals surface area contributed by atoms with Crippen molar-refractivity contribution in [3.63, 3.8) is 0 Å². The van der Waals surface area contributed by atoms with Crippen LogP contribution >= 0.6 is 31.9 Å². The van der Waals surface area contributed by atoms with Crippen LogP contribution in [0.2, 0.25) is 0 Å². The van der Waals surface area contributed by atoms with E-state index in [0.717, 1.165) is 0 Å². The first kappa shape index (κ1) is 16.0. The topological polar surface area (TPSA) is 43.4 Å². The van der Waals surface area contributed by atoms with Crippen LogP contribution in [-0.4, -0.2) is 28.5 Å². The van der Waals surface area contributed by atoms with Gasteiger partial charge in [-0.15, -0.1) is 0 Å². The van der Waals surface area contributed by atoms with Crippen LogP contribution in [0.3, 0.4) is 0 Å². The number of alkyl halides is 2. The highest BCUT2D eigenvalue weighted by atomic mass is 79.9. The number of ketones is 1. The van der Waals surface area contributed by atoms with Gasteiger partial charge in [0.15, 0.2) is 5.78 Å².